The number of carboxylic acids is 1. The van der Waals surface area contributed by atoms with Gasteiger partial charge in [-0.05, 0) is 31.4 Å². The number of rotatable bonds is 61. The molecule has 0 fully saturated rings. The zero-order valence-corrected chi connectivity index (χ0v) is 51.3. The van der Waals surface area contributed by atoms with Gasteiger partial charge in [-0.25, -0.2) is 0 Å². The lowest BCUT2D eigenvalue weighted by Gasteiger charge is -2.21. The highest BCUT2D eigenvalue weighted by Crippen LogP contribution is 2.40. The van der Waals surface area contributed by atoms with E-state index in [9.17, 15) is 14.4 Å². The topological polar surface area (TPSA) is 112 Å². The van der Waals surface area contributed by atoms with E-state index in [1.807, 2.05) is 0 Å². The third-order valence-electron chi connectivity index (χ3n) is 15.6. The zero-order valence-electron chi connectivity index (χ0n) is 51.3. The Morgan fingerprint density at radius 2 is 0.623 bits per heavy atom. The lowest BCUT2D eigenvalue weighted by Crippen LogP contribution is -2.31. The maximum atomic E-state index is 14.0. The average molecular weight is 1080 g/mol. The Balaban J connectivity index is 2.85. The molecule has 1 N–H and O–H groups in total. The molecule has 1 aromatic carbocycles. The van der Waals surface area contributed by atoms with Crippen molar-refractivity contribution in [2.75, 3.05) is 40.0 Å². The number of unbranched alkanes of at least 4 members (excludes halogenated alkanes) is 45. The molecule has 0 aliphatic heterocycles. The van der Waals surface area contributed by atoms with E-state index in [2.05, 4.69) is 20.8 Å². The summed E-state index contributed by atoms with van der Waals surface area (Å²) in [4.78, 5) is 38.6. The molecular formula is C68H125NO8. The molecule has 450 valence electrons. The number of benzene rings is 1. The van der Waals surface area contributed by atoms with Gasteiger partial charge in [-0.15, -0.1) is 0 Å². The molecule has 0 aromatic heterocycles. The molecule has 1 rings (SSSR count). The number of aliphatic carboxylic acids is 1. The van der Waals surface area contributed by atoms with E-state index in [4.69, 9.17) is 24.1 Å². The van der Waals surface area contributed by atoms with Crippen LogP contribution in [0, 0.1) is 0 Å². The predicted molar refractivity (Wildman–Crippen MR) is 326 cm³/mol. The van der Waals surface area contributed by atoms with Crippen LogP contribution in [-0.2, 0) is 14.3 Å². The van der Waals surface area contributed by atoms with Crippen LogP contribution in [0.2, 0.25) is 0 Å². The SMILES string of the molecule is CCCCCCCCCCCCCCCCCCOc1cc(C(=O)N(C)CCOC(=O)CCC(=O)O)cc(OCCCCCCCCCCCCCCCCCC)c1OCCCCCCCCCCCCCCCCCC. The molecule has 0 atom stereocenters. The largest absolute Gasteiger partial charge is 0.490 e. The van der Waals surface area contributed by atoms with Crippen LogP contribution in [0.25, 0.3) is 0 Å². The third-order valence-corrected chi connectivity index (χ3v) is 15.6. The van der Waals surface area contributed by atoms with Crippen molar-refractivity contribution in [3.8, 4) is 17.2 Å². The van der Waals surface area contributed by atoms with Crippen molar-refractivity contribution in [1.82, 2.24) is 4.90 Å². The molecule has 0 aliphatic carbocycles. The highest BCUT2D eigenvalue weighted by molar-refractivity contribution is 5.95. The number of likely N-dealkylation sites (N-methyl/N-ethyl adjacent to an activating group) is 1. The minimum Gasteiger partial charge on any atom is -0.490 e. The Morgan fingerprint density at radius 3 is 0.896 bits per heavy atom. The summed E-state index contributed by atoms with van der Waals surface area (Å²) in [5.74, 6) is -0.200. The second-order valence-corrected chi connectivity index (χ2v) is 23.1. The fraction of sp³-hybridized carbons (Fsp3) is 0.868. The summed E-state index contributed by atoms with van der Waals surface area (Å²) in [5, 5.41) is 8.95. The second kappa shape index (κ2) is 56.3. The van der Waals surface area contributed by atoms with Gasteiger partial charge in [0, 0.05) is 12.6 Å². The van der Waals surface area contributed by atoms with E-state index in [1.165, 1.54) is 275 Å². The smallest absolute Gasteiger partial charge is 0.306 e. The third kappa shape index (κ3) is 46.5. The van der Waals surface area contributed by atoms with Crippen molar-refractivity contribution in [1.29, 1.82) is 0 Å². The number of carbonyl (C=O) groups excluding carboxylic acids is 2. The number of esters is 1. The number of hydrogen-bond acceptors (Lipinski definition) is 7. The molecule has 77 heavy (non-hydrogen) atoms. The summed E-state index contributed by atoms with van der Waals surface area (Å²) in [6.45, 7) is 8.63. The molecule has 1 amide bonds. The minimum atomic E-state index is -1.05. The van der Waals surface area contributed by atoms with Gasteiger partial charge in [-0.2, -0.15) is 0 Å². The molecule has 0 aliphatic rings. The summed E-state index contributed by atoms with van der Waals surface area (Å²) in [7, 11) is 1.68. The van der Waals surface area contributed by atoms with E-state index in [0.29, 0.717) is 42.6 Å². The molecule has 0 heterocycles. The van der Waals surface area contributed by atoms with Gasteiger partial charge in [0.25, 0.3) is 5.91 Å². The molecule has 0 bridgehead atoms. The summed E-state index contributed by atoms with van der Waals surface area (Å²) in [5.41, 5.74) is 0.434. The van der Waals surface area contributed by atoms with Crippen molar-refractivity contribution in [2.45, 2.75) is 342 Å². The Hall–Kier alpha value is -2.97. The Morgan fingerprint density at radius 1 is 0.364 bits per heavy atom. The average Bonchev–Trinajstić information content (AvgIpc) is 3.43. The van der Waals surface area contributed by atoms with E-state index in [-0.39, 0.29) is 31.9 Å². The Labute approximate surface area is 476 Å². The van der Waals surface area contributed by atoms with Gasteiger partial charge < -0.3 is 29.0 Å². The van der Waals surface area contributed by atoms with Gasteiger partial charge in [0.2, 0.25) is 5.75 Å². The maximum Gasteiger partial charge on any atom is 0.306 e. The van der Waals surface area contributed by atoms with Gasteiger partial charge in [0.1, 0.15) is 6.61 Å². The first-order chi connectivity index (χ1) is 37.8. The van der Waals surface area contributed by atoms with Crippen LogP contribution in [-0.4, -0.2) is 67.9 Å². The number of carboxylic acid groups (broad SMARTS) is 1. The minimum absolute atomic E-state index is 0.0214. The van der Waals surface area contributed by atoms with Crippen molar-refractivity contribution >= 4 is 17.8 Å². The number of nitrogens with zero attached hydrogens (tertiary/aromatic N) is 1. The van der Waals surface area contributed by atoms with Crippen LogP contribution in [0.5, 0.6) is 17.2 Å². The van der Waals surface area contributed by atoms with E-state index >= 15 is 0 Å². The molecule has 0 saturated heterocycles. The first kappa shape index (κ1) is 72.0. The molecule has 1 aromatic rings. The summed E-state index contributed by atoms with van der Waals surface area (Å²) < 4.78 is 25.0. The molecule has 9 heteroatoms. The van der Waals surface area contributed by atoms with Gasteiger partial charge in [-0.3, -0.25) is 14.4 Å². The van der Waals surface area contributed by atoms with E-state index < -0.39 is 11.9 Å². The number of carbonyl (C=O) groups is 3. The standard InChI is InChI=1S/C68H125NO8/c1-5-8-11-14-17-20-23-26-29-32-35-38-41-44-47-50-56-74-63-60-62(68(73)69(4)55-59-76-66(72)54-53-65(70)71)61-64(75-57-51-48-45-42-39-36-33-30-27-24-21-18-15-12-9-6-2)67(63)77-58-52-49-46-43-40-37-34-31-28-25-22-19-16-13-10-7-3/h60-61H,5-59H2,1-4H3,(H,70,71). The quantitative estimate of drug-likeness (QED) is 0.0507. The van der Waals surface area contributed by atoms with Crippen molar-refractivity contribution in [3.05, 3.63) is 17.7 Å². The fourth-order valence-corrected chi connectivity index (χ4v) is 10.4. The van der Waals surface area contributed by atoms with Crippen LogP contribution in [0.1, 0.15) is 352 Å². The van der Waals surface area contributed by atoms with Crippen molar-refractivity contribution in [3.63, 3.8) is 0 Å². The van der Waals surface area contributed by atoms with Crippen LogP contribution in [0.15, 0.2) is 12.1 Å². The molecular weight excluding hydrogens is 959 g/mol. The summed E-state index contributed by atoms with van der Waals surface area (Å²) >= 11 is 0. The molecule has 0 radical (unpaired) electrons. The first-order valence-electron chi connectivity index (χ1n) is 33.5. The van der Waals surface area contributed by atoms with Crippen LogP contribution >= 0.6 is 0 Å². The lowest BCUT2D eigenvalue weighted by molar-refractivity contribution is -0.147. The maximum absolute atomic E-state index is 14.0. The van der Waals surface area contributed by atoms with E-state index in [0.717, 1.165) is 38.5 Å². The number of hydrogen-bond donors (Lipinski definition) is 1. The number of ether oxygens (including phenoxy) is 4. The van der Waals surface area contributed by atoms with Gasteiger partial charge in [0.05, 0.1) is 39.2 Å². The summed E-state index contributed by atoms with van der Waals surface area (Å²) in [6, 6.07) is 3.60. The molecule has 0 saturated carbocycles. The first-order valence-corrected chi connectivity index (χ1v) is 33.5. The van der Waals surface area contributed by atoms with Gasteiger partial charge in [-0.1, -0.05) is 310 Å². The van der Waals surface area contributed by atoms with Gasteiger partial charge >= 0.3 is 11.9 Å². The van der Waals surface area contributed by atoms with Crippen LogP contribution < -0.4 is 14.2 Å². The Bertz CT molecular complexity index is 1410. The highest BCUT2D eigenvalue weighted by Gasteiger charge is 2.22. The van der Waals surface area contributed by atoms with Crippen LogP contribution in [0.4, 0.5) is 0 Å². The van der Waals surface area contributed by atoms with Crippen LogP contribution in [0.3, 0.4) is 0 Å². The molecule has 0 spiro atoms. The molecule has 9 nitrogen and oxygen atoms in total. The number of amides is 1. The van der Waals surface area contributed by atoms with Crippen molar-refractivity contribution < 1.29 is 38.4 Å². The van der Waals surface area contributed by atoms with Crippen molar-refractivity contribution in [2.24, 2.45) is 0 Å². The zero-order chi connectivity index (χ0) is 55.8. The normalized spacial score (nSPS) is 11.3. The highest BCUT2D eigenvalue weighted by atomic mass is 16.5. The van der Waals surface area contributed by atoms with Gasteiger partial charge in [0.15, 0.2) is 11.5 Å². The second-order valence-electron chi connectivity index (χ2n) is 23.1. The summed E-state index contributed by atoms with van der Waals surface area (Å²) in [6.07, 6.45) is 62.5. The molecule has 0 unspecified atom stereocenters. The van der Waals surface area contributed by atoms with E-state index in [1.54, 1.807) is 19.2 Å². The Kier molecular flexibility index (Phi) is 52.7. The fourth-order valence-electron chi connectivity index (χ4n) is 10.4. The lowest BCUT2D eigenvalue weighted by atomic mass is 10.0. The monoisotopic (exact) mass is 1080 g/mol. The predicted octanol–water partition coefficient (Wildman–Crippen LogP) is 21.1.